The first-order valence-electron chi connectivity index (χ1n) is 7.54. The van der Waals surface area contributed by atoms with Gasteiger partial charge in [-0.2, -0.15) is 9.61 Å². The summed E-state index contributed by atoms with van der Waals surface area (Å²) in [7, 11) is 1.61. The van der Waals surface area contributed by atoms with Crippen molar-refractivity contribution in [3.05, 3.63) is 36.4 Å². The molecule has 0 amide bonds. The molecule has 7 nitrogen and oxygen atoms in total. The molecule has 8 heteroatoms. The number of hydrogen-bond donors (Lipinski definition) is 0. The summed E-state index contributed by atoms with van der Waals surface area (Å²) in [5.74, 6) is 0.317. The molecule has 1 aromatic carbocycles. The van der Waals surface area contributed by atoms with Crippen LogP contribution in [0.3, 0.4) is 0 Å². The minimum Gasteiger partial charge on any atom is -0.497 e. The number of methoxy groups -OCH3 is 1. The van der Waals surface area contributed by atoms with Crippen LogP contribution >= 0.6 is 11.8 Å². The van der Waals surface area contributed by atoms with E-state index >= 15 is 0 Å². The summed E-state index contributed by atoms with van der Waals surface area (Å²) in [5, 5.41) is 12.2. The van der Waals surface area contributed by atoms with Gasteiger partial charge in [-0.25, -0.2) is 0 Å². The van der Waals surface area contributed by atoms with Crippen LogP contribution < -0.4 is 4.74 Å². The van der Waals surface area contributed by atoms with Gasteiger partial charge in [-0.05, 0) is 50.2 Å². The molecule has 2 aromatic heterocycles. The summed E-state index contributed by atoms with van der Waals surface area (Å²) in [5.41, 5.74) is 2.17. The zero-order valence-corrected chi connectivity index (χ0v) is 14.8. The lowest BCUT2D eigenvalue weighted by atomic mass is 10.1. The Kier molecular flexibility index (Phi) is 4.80. The summed E-state index contributed by atoms with van der Waals surface area (Å²) in [4.78, 5) is 23.3. The number of rotatable bonds is 6. The maximum absolute atomic E-state index is 11.7. The zero-order valence-electron chi connectivity index (χ0n) is 14.0. The van der Waals surface area contributed by atoms with E-state index in [1.54, 1.807) is 17.7 Å². The van der Waals surface area contributed by atoms with Crippen molar-refractivity contribution in [1.82, 2.24) is 19.8 Å². The SMILES string of the molecule is COc1ccc(-c2ccc3nnc(SC(C(C)=O)C(C)=O)n3n2)cc1. The molecule has 0 bridgehead atoms. The van der Waals surface area contributed by atoms with Crippen molar-refractivity contribution < 1.29 is 14.3 Å². The minimum absolute atomic E-state index is 0.222. The number of hydrogen-bond acceptors (Lipinski definition) is 7. The van der Waals surface area contributed by atoms with E-state index in [9.17, 15) is 9.59 Å². The number of carbonyl (C=O) groups is 2. The molecule has 0 saturated carbocycles. The smallest absolute Gasteiger partial charge is 0.213 e. The van der Waals surface area contributed by atoms with Crippen LogP contribution in [0.1, 0.15) is 13.8 Å². The number of Topliss-reactive ketones (excluding diaryl/α,β-unsaturated/α-hetero) is 2. The lowest BCUT2D eigenvalue weighted by Crippen LogP contribution is -2.22. The Morgan fingerprint density at radius 2 is 1.72 bits per heavy atom. The molecule has 2 heterocycles. The zero-order chi connectivity index (χ0) is 18.0. The Bertz CT molecular complexity index is 923. The normalized spacial score (nSPS) is 11.0. The van der Waals surface area contributed by atoms with Gasteiger partial charge in [0.1, 0.15) is 11.0 Å². The van der Waals surface area contributed by atoms with Crippen molar-refractivity contribution >= 4 is 29.0 Å². The molecule has 0 fully saturated rings. The molecule has 0 aliphatic carbocycles. The van der Waals surface area contributed by atoms with Crippen molar-refractivity contribution in [1.29, 1.82) is 0 Å². The van der Waals surface area contributed by atoms with Crippen LogP contribution in [0, 0.1) is 0 Å². The van der Waals surface area contributed by atoms with Gasteiger partial charge in [-0.3, -0.25) is 9.59 Å². The predicted octanol–water partition coefficient (Wildman–Crippen LogP) is 2.44. The molecule has 3 aromatic rings. The van der Waals surface area contributed by atoms with E-state index in [2.05, 4.69) is 15.3 Å². The number of benzene rings is 1. The lowest BCUT2D eigenvalue weighted by molar-refractivity contribution is -0.123. The molecule has 0 aliphatic heterocycles. The van der Waals surface area contributed by atoms with Crippen LogP contribution in [0.15, 0.2) is 41.6 Å². The highest BCUT2D eigenvalue weighted by Crippen LogP contribution is 2.25. The first kappa shape index (κ1) is 17.1. The van der Waals surface area contributed by atoms with Gasteiger partial charge in [0.25, 0.3) is 0 Å². The van der Waals surface area contributed by atoms with Gasteiger partial charge in [0, 0.05) is 5.56 Å². The average molecular weight is 356 g/mol. The minimum atomic E-state index is -0.807. The van der Waals surface area contributed by atoms with Crippen LogP contribution in [0.5, 0.6) is 5.75 Å². The standard InChI is InChI=1S/C17H16N4O3S/c1-10(22)16(11(2)23)25-17-19-18-15-9-8-14(20-21(15)17)12-4-6-13(24-3)7-5-12/h4-9,16H,1-3H3. The Labute approximate surface area is 148 Å². The predicted molar refractivity (Wildman–Crippen MR) is 93.8 cm³/mol. The Morgan fingerprint density at radius 1 is 1.04 bits per heavy atom. The molecule has 0 unspecified atom stereocenters. The number of fused-ring (bicyclic) bond motifs is 1. The highest BCUT2D eigenvalue weighted by Gasteiger charge is 2.24. The van der Waals surface area contributed by atoms with Gasteiger partial charge in [0.2, 0.25) is 5.16 Å². The van der Waals surface area contributed by atoms with E-state index in [1.165, 1.54) is 13.8 Å². The van der Waals surface area contributed by atoms with E-state index in [0.29, 0.717) is 10.8 Å². The topological polar surface area (TPSA) is 86.5 Å². The first-order valence-corrected chi connectivity index (χ1v) is 8.42. The first-order chi connectivity index (χ1) is 12.0. The average Bonchev–Trinajstić information content (AvgIpc) is 3.01. The summed E-state index contributed by atoms with van der Waals surface area (Å²) >= 11 is 1.06. The molecule has 3 rings (SSSR count). The number of ketones is 2. The Hall–Kier alpha value is -2.74. The molecule has 0 N–H and O–H groups in total. The Balaban J connectivity index is 1.98. The maximum atomic E-state index is 11.7. The Morgan fingerprint density at radius 3 is 2.32 bits per heavy atom. The second-order valence-corrected chi connectivity index (χ2v) is 6.49. The largest absolute Gasteiger partial charge is 0.497 e. The van der Waals surface area contributed by atoms with Crippen molar-refractivity contribution in [3.8, 4) is 17.0 Å². The van der Waals surface area contributed by atoms with Crippen LogP contribution in [-0.4, -0.2) is 43.7 Å². The molecular weight excluding hydrogens is 340 g/mol. The summed E-state index contributed by atoms with van der Waals surface area (Å²) in [6.07, 6.45) is 0. The fourth-order valence-electron chi connectivity index (χ4n) is 2.32. The monoisotopic (exact) mass is 356 g/mol. The summed E-state index contributed by atoms with van der Waals surface area (Å²) < 4.78 is 6.70. The molecular formula is C17H16N4O3S. The number of ether oxygens (including phenoxy) is 1. The number of nitrogens with zero attached hydrogens (tertiary/aromatic N) is 4. The second-order valence-electron chi connectivity index (χ2n) is 5.42. The summed E-state index contributed by atoms with van der Waals surface area (Å²) in [6, 6.07) is 11.1. The third-order valence-electron chi connectivity index (χ3n) is 3.58. The van der Waals surface area contributed by atoms with Crippen molar-refractivity contribution in [2.75, 3.05) is 7.11 Å². The van der Waals surface area contributed by atoms with Crippen LogP contribution in [0.2, 0.25) is 0 Å². The third-order valence-corrected chi connectivity index (χ3v) is 4.95. The molecule has 128 valence electrons. The molecule has 0 aliphatic rings. The molecule has 0 spiro atoms. The van der Waals surface area contributed by atoms with E-state index in [-0.39, 0.29) is 11.6 Å². The second kappa shape index (κ2) is 7.02. The molecule has 25 heavy (non-hydrogen) atoms. The van der Waals surface area contributed by atoms with Gasteiger partial charge in [0.05, 0.1) is 12.8 Å². The highest BCUT2D eigenvalue weighted by atomic mass is 32.2. The van der Waals surface area contributed by atoms with Crippen molar-refractivity contribution in [3.63, 3.8) is 0 Å². The van der Waals surface area contributed by atoms with Gasteiger partial charge >= 0.3 is 0 Å². The van der Waals surface area contributed by atoms with E-state index < -0.39 is 5.25 Å². The highest BCUT2D eigenvalue weighted by molar-refractivity contribution is 8.01. The van der Waals surface area contributed by atoms with Gasteiger partial charge in [-0.15, -0.1) is 10.2 Å². The van der Waals surface area contributed by atoms with Crippen LogP contribution in [-0.2, 0) is 9.59 Å². The number of aromatic nitrogens is 4. The van der Waals surface area contributed by atoms with Crippen molar-refractivity contribution in [2.45, 2.75) is 24.3 Å². The fraction of sp³-hybridized carbons (Fsp3) is 0.235. The number of carbonyl (C=O) groups excluding carboxylic acids is 2. The third kappa shape index (κ3) is 3.53. The van der Waals surface area contributed by atoms with Gasteiger partial charge in [0.15, 0.2) is 17.2 Å². The molecule has 0 saturated heterocycles. The van der Waals surface area contributed by atoms with Gasteiger partial charge in [-0.1, -0.05) is 11.8 Å². The van der Waals surface area contributed by atoms with Crippen LogP contribution in [0.4, 0.5) is 0 Å². The van der Waals surface area contributed by atoms with Crippen molar-refractivity contribution in [2.24, 2.45) is 0 Å². The molecule has 0 radical (unpaired) electrons. The maximum Gasteiger partial charge on any atom is 0.213 e. The summed E-state index contributed by atoms with van der Waals surface area (Å²) in [6.45, 7) is 2.77. The quantitative estimate of drug-likeness (QED) is 0.495. The van der Waals surface area contributed by atoms with E-state index in [1.807, 2.05) is 30.3 Å². The van der Waals surface area contributed by atoms with Crippen LogP contribution in [0.25, 0.3) is 16.9 Å². The lowest BCUT2D eigenvalue weighted by Gasteiger charge is -2.08. The van der Waals surface area contributed by atoms with E-state index in [0.717, 1.165) is 28.8 Å². The van der Waals surface area contributed by atoms with E-state index in [4.69, 9.17) is 4.74 Å². The fourth-order valence-corrected chi connectivity index (χ4v) is 3.18. The van der Waals surface area contributed by atoms with Gasteiger partial charge < -0.3 is 4.74 Å². The molecule has 0 atom stereocenters. The number of thioether (sulfide) groups is 1.